The molecule has 0 unspecified atom stereocenters. The van der Waals surface area contributed by atoms with Crippen molar-refractivity contribution in [1.29, 1.82) is 0 Å². The van der Waals surface area contributed by atoms with Gasteiger partial charge >= 0.3 is 0 Å². The van der Waals surface area contributed by atoms with Gasteiger partial charge in [0.15, 0.2) is 0 Å². The van der Waals surface area contributed by atoms with Gasteiger partial charge in [0.2, 0.25) is 0 Å². The van der Waals surface area contributed by atoms with Gasteiger partial charge in [-0.2, -0.15) is 0 Å². The molecule has 2 aromatic rings. The number of pyridine rings is 1. The molecule has 0 radical (unpaired) electrons. The van der Waals surface area contributed by atoms with Crippen molar-refractivity contribution in [1.82, 2.24) is 10.3 Å². The number of ether oxygens (including phenoxy) is 1. The Balaban J connectivity index is 1.77. The summed E-state index contributed by atoms with van der Waals surface area (Å²) in [5.41, 5.74) is 3.19. The Morgan fingerprint density at radius 3 is 2.86 bits per heavy atom. The molecule has 1 saturated heterocycles. The standard InChI is InChI=1S/C17H19ClN2O/c1-12-4-6-13(7-5-12)16-9-15(10-20-17(16)18)21-11-14-3-2-8-19-14/h4-7,9-10,14,19H,2-3,8,11H2,1H3/t14-/m0/s1. The minimum Gasteiger partial charge on any atom is -0.490 e. The zero-order valence-corrected chi connectivity index (χ0v) is 12.9. The highest BCUT2D eigenvalue weighted by Crippen LogP contribution is 2.29. The molecule has 3 rings (SSSR count). The molecule has 0 amide bonds. The minimum absolute atomic E-state index is 0.448. The quantitative estimate of drug-likeness (QED) is 0.871. The lowest BCUT2D eigenvalue weighted by molar-refractivity contribution is 0.276. The molecule has 3 nitrogen and oxygen atoms in total. The van der Waals surface area contributed by atoms with Crippen LogP contribution >= 0.6 is 11.6 Å². The van der Waals surface area contributed by atoms with Crippen LogP contribution in [0.15, 0.2) is 36.5 Å². The Bertz CT molecular complexity index is 607. The number of halogens is 1. The van der Waals surface area contributed by atoms with E-state index in [0.717, 1.165) is 23.4 Å². The molecule has 0 spiro atoms. The number of aryl methyl sites for hydroxylation is 1. The number of nitrogens with one attached hydrogen (secondary N) is 1. The Hall–Kier alpha value is -1.58. The van der Waals surface area contributed by atoms with Crippen LogP contribution in [-0.2, 0) is 0 Å². The lowest BCUT2D eigenvalue weighted by Crippen LogP contribution is -2.28. The van der Waals surface area contributed by atoms with Gasteiger partial charge in [0.1, 0.15) is 17.5 Å². The normalized spacial score (nSPS) is 17.9. The number of nitrogens with zero attached hydrogens (tertiary/aromatic N) is 1. The molecule has 0 saturated carbocycles. The molecule has 110 valence electrons. The first kappa shape index (κ1) is 14.4. The van der Waals surface area contributed by atoms with Crippen LogP contribution in [0, 0.1) is 6.92 Å². The number of aromatic nitrogens is 1. The van der Waals surface area contributed by atoms with E-state index in [4.69, 9.17) is 16.3 Å². The zero-order valence-electron chi connectivity index (χ0n) is 12.1. The molecule has 0 aliphatic carbocycles. The lowest BCUT2D eigenvalue weighted by atomic mass is 10.1. The summed E-state index contributed by atoms with van der Waals surface area (Å²) >= 11 is 6.22. The van der Waals surface area contributed by atoms with Gasteiger partial charge < -0.3 is 10.1 Å². The van der Waals surface area contributed by atoms with Crippen LogP contribution in [0.5, 0.6) is 5.75 Å². The number of hydrogen-bond donors (Lipinski definition) is 1. The molecule has 0 bridgehead atoms. The molecule has 4 heteroatoms. The maximum atomic E-state index is 6.22. The fourth-order valence-corrected chi connectivity index (χ4v) is 2.75. The van der Waals surface area contributed by atoms with E-state index in [9.17, 15) is 0 Å². The summed E-state index contributed by atoms with van der Waals surface area (Å²) in [6.45, 7) is 3.83. The van der Waals surface area contributed by atoms with Crippen molar-refractivity contribution in [2.75, 3.05) is 13.2 Å². The van der Waals surface area contributed by atoms with Crippen molar-refractivity contribution in [3.05, 3.63) is 47.2 Å². The molecule has 2 heterocycles. The summed E-state index contributed by atoms with van der Waals surface area (Å²) in [4.78, 5) is 4.24. The highest BCUT2D eigenvalue weighted by Gasteiger charge is 2.15. The maximum Gasteiger partial charge on any atom is 0.138 e. The van der Waals surface area contributed by atoms with E-state index < -0.39 is 0 Å². The smallest absolute Gasteiger partial charge is 0.138 e. The molecular formula is C17H19ClN2O. The fourth-order valence-electron chi connectivity index (χ4n) is 2.54. The van der Waals surface area contributed by atoms with Crippen LogP contribution < -0.4 is 10.1 Å². The SMILES string of the molecule is Cc1ccc(-c2cc(OC[C@@H]3CCCN3)cnc2Cl)cc1. The highest BCUT2D eigenvalue weighted by atomic mass is 35.5. The van der Waals surface area contributed by atoms with Crippen LogP contribution in [0.4, 0.5) is 0 Å². The van der Waals surface area contributed by atoms with E-state index in [0.29, 0.717) is 17.8 Å². The summed E-state index contributed by atoms with van der Waals surface area (Å²) < 4.78 is 5.85. The van der Waals surface area contributed by atoms with E-state index in [1.54, 1.807) is 6.20 Å². The molecule has 1 aromatic heterocycles. The Kier molecular flexibility index (Phi) is 4.42. The molecule has 1 N–H and O–H groups in total. The molecule has 1 atom stereocenters. The predicted octanol–water partition coefficient (Wildman–Crippen LogP) is 3.84. The van der Waals surface area contributed by atoms with Crippen molar-refractivity contribution in [2.24, 2.45) is 0 Å². The van der Waals surface area contributed by atoms with Gasteiger partial charge in [-0.1, -0.05) is 41.4 Å². The lowest BCUT2D eigenvalue weighted by Gasteiger charge is -2.13. The minimum atomic E-state index is 0.448. The monoisotopic (exact) mass is 302 g/mol. The third kappa shape index (κ3) is 3.55. The summed E-state index contributed by atoms with van der Waals surface area (Å²) in [6, 6.07) is 10.7. The first-order valence-corrected chi connectivity index (χ1v) is 7.69. The van der Waals surface area contributed by atoms with Crippen molar-refractivity contribution in [3.8, 4) is 16.9 Å². The van der Waals surface area contributed by atoms with Gasteiger partial charge in [-0.15, -0.1) is 0 Å². The molecule has 1 aliphatic heterocycles. The van der Waals surface area contributed by atoms with E-state index in [-0.39, 0.29) is 0 Å². The van der Waals surface area contributed by atoms with Crippen molar-refractivity contribution in [2.45, 2.75) is 25.8 Å². The predicted molar refractivity (Wildman–Crippen MR) is 85.9 cm³/mol. The van der Waals surface area contributed by atoms with Gasteiger partial charge in [0.25, 0.3) is 0 Å². The second-order valence-corrected chi connectivity index (χ2v) is 5.84. The molecule has 1 aliphatic rings. The average Bonchev–Trinajstić information content (AvgIpc) is 3.01. The largest absolute Gasteiger partial charge is 0.490 e. The van der Waals surface area contributed by atoms with Crippen LogP contribution in [0.2, 0.25) is 5.15 Å². The second-order valence-electron chi connectivity index (χ2n) is 5.48. The van der Waals surface area contributed by atoms with Gasteiger partial charge in [-0.3, -0.25) is 0 Å². The Morgan fingerprint density at radius 1 is 1.33 bits per heavy atom. The molecule has 1 fully saturated rings. The van der Waals surface area contributed by atoms with E-state index >= 15 is 0 Å². The van der Waals surface area contributed by atoms with Gasteiger partial charge in [-0.25, -0.2) is 4.98 Å². The maximum absolute atomic E-state index is 6.22. The summed E-state index contributed by atoms with van der Waals surface area (Å²) in [6.07, 6.45) is 4.09. The summed E-state index contributed by atoms with van der Waals surface area (Å²) in [5, 5.41) is 3.92. The summed E-state index contributed by atoms with van der Waals surface area (Å²) in [7, 11) is 0. The highest BCUT2D eigenvalue weighted by molar-refractivity contribution is 6.32. The average molecular weight is 303 g/mol. The first-order valence-electron chi connectivity index (χ1n) is 7.31. The third-order valence-corrected chi connectivity index (χ3v) is 4.09. The third-order valence-electron chi connectivity index (χ3n) is 3.79. The van der Waals surface area contributed by atoms with Crippen LogP contribution in [0.3, 0.4) is 0 Å². The number of hydrogen-bond acceptors (Lipinski definition) is 3. The topological polar surface area (TPSA) is 34.1 Å². The number of benzene rings is 1. The van der Waals surface area contributed by atoms with Crippen molar-refractivity contribution >= 4 is 11.6 Å². The second kappa shape index (κ2) is 6.46. The summed E-state index contributed by atoms with van der Waals surface area (Å²) in [5.74, 6) is 0.767. The van der Waals surface area contributed by atoms with Gasteiger partial charge in [-0.05, 0) is 37.9 Å². The molecule has 21 heavy (non-hydrogen) atoms. The van der Waals surface area contributed by atoms with Crippen LogP contribution in [0.1, 0.15) is 18.4 Å². The first-order chi connectivity index (χ1) is 10.2. The van der Waals surface area contributed by atoms with Gasteiger partial charge in [0, 0.05) is 11.6 Å². The van der Waals surface area contributed by atoms with Crippen molar-refractivity contribution < 1.29 is 4.74 Å². The molecular weight excluding hydrogens is 284 g/mol. The van der Waals surface area contributed by atoms with Crippen LogP contribution in [0.25, 0.3) is 11.1 Å². The Labute approximate surface area is 130 Å². The van der Waals surface area contributed by atoms with Gasteiger partial charge in [0.05, 0.1) is 6.20 Å². The number of rotatable bonds is 4. The van der Waals surface area contributed by atoms with Crippen molar-refractivity contribution in [3.63, 3.8) is 0 Å². The van der Waals surface area contributed by atoms with E-state index in [2.05, 4.69) is 41.5 Å². The van der Waals surface area contributed by atoms with Crippen LogP contribution in [-0.4, -0.2) is 24.2 Å². The van der Waals surface area contributed by atoms with E-state index in [1.807, 2.05) is 6.07 Å². The Morgan fingerprint density at radius 2 is 2.14 bits per heavy atom. The van der Waals surface area contributed by atoms with E-state index in [1.165, 1.54) is 18.4 Å². The fraction of sp³-hybridized carbons (Fsp3) is 0.353. The zero-order chi connectivity index (χ0) is 14.7. The molecule has 1 aromatic carbocycles.